The molecule has 1 aliphatic rings. The number of nitrogens with zero attached hydrogens (tertiary/aromatic N) is 1. The molecule has 2 rings (SSSR count). The van der Waals surface area contributed by atoms with Crippen molar-refractivity contribution in [3.8, 4) is 0 Å². The Morgan fingerprint density at radius 3 is 2.57 bits per heavy atom. The van der Waals surface area contributed by atoms with Gasteiger partial charge in [0.2, 0.25) is 0 Å². The average Bonchev–Trinajstić information content (AvgIpc) is 2.89. The number of amides is 1. The van der Waals surface area contributed by atoms with E-state index in [0.717, 1.165) is 10.5 Å². The lowest BCUT2D eigenvalue weighted by atomic mass is 10.2. The van der Waals surface area contributed by atoms with Crippen molar-refractivity contribution in [1.29, 1.82) is 0 Å². The van der Waals surface area contributed by atoms with Crippen molar-refractivity contribution in [3.63, 3.8) is 0 Å². The van der Waals surface area contributed by atoms with Gasteiger partial charge in [0.15, 0.2) is 0 Å². The highest BCUT2D eigenvalue weighted by atomic mass is 16.7. The first kappa shape index (κ1) is 15.1. The number of hydrogen-bond donors (Lipinski definition) is 2. The molecule has 0 aromatic heterocycles. The van der Waals surface area contributed by atoms with Gasteiger partial charge < -0.3 is 19.7 Å². The maximum atomic E-state index is 11.6. The Labute approximate surface area is 121 Å². The molecule has 0 bridgehead atoms. The third kappa shape index (κ3) is 4.09. The van der Waals surface area contributed by atoms with Crippen molar-refractivity contribution >= 4 is 12.2 Å². The van der Waals surface area contributed by atoms with Crippen LogP contribution in [0.3, 0.4) is 0 Å². The minimum atomic E-state index is -1.14. The topological polar surface area (TPSA) is 96.3 Å². The molecule has 0 unspecified atom stereocenters. The van der Waals surface area contributed by atoms with Gasteiger partial charge in [0.05, 0.1) is 19.2 Å². The first-order chi connectivity index (χ1) is 10.1. The number of carboxylic acid groups (broad SMARTS) is 1. The van der Waals surface area contributed by atoms with Crippen LogP contribution < -0.4 is 0 Å². The average molecular weight is 295 g/mol. The highest BCUT2D eigenvalue weighted by Gasteiger charge is 2.37. The SMILES string of the molecule is O=C(OCc1ccccc1)O[C@@H]1C[C@@H](CO)N(C(=O)O)C1. The number of likely N-dealkylation sites (tertiary alicyclic amines) is 1. The molecule has 0 radical (unpaired) electrons. The van der Waals surface area contributed by atoms with Crippen molar-refractivity contribution < 1.29 is 29.3 Å². The summed E-state index contributed by atoms with van der Waals surface area (Å²) in [7, 11) is 0. The second-order valence-electron chi connectivity index (χ2n) is 4.77. The van der Waals surface area contributed by atoms with Crippen molar-refractivity contribution in [3.05, 3.63) is 35.9 Å². The molecule has 7 heteroatoms. The first-order valence-electron chi connectivity index (χ1n) is 6.58. The van der Waals surface area contributed by atoms with Crippen molar-refractivity contribution in [2.45, 2.75) is 25.2 Å². The van der Waals surface area contributed by atoms with Gasteiger partial charge in [0.25, 0.3) is 0 Å². The molecule has 2 N–H and O–H groups in total. The maximum Gasteiger partial charge on any atom is 0.508 e. The van der Waals surface area contributed by atoms with Gasteiger partial charge in [-0.1, -0.05) is 30.3 Å². The summed E-state index contributed by atoms with van der Waals surface area (Å²) in [5, 5.41) is 18.1. The zero-order chi connectivity index (χ0) is 15.2. The molecule has 2 atom stereocenters. The Morgan fingerprint density at radius 2 is 2.00 bits per heavy atom. The number of carbonyl (C=O) groups excluding carboxylic acids is 1. The Morgan fingerprint density at radius 1 is 1.29 bits per heavy atom. The first-order valence-corrected chi connectivity index (χ1v) is 6.58. The third-order valence-electron chi connectivity index (χ3n) is 3.29. The van der Waals surface area contributed by atoms with Gasteiger partial charge in [-0.05, 0) is 5.56 Å². The Bertz CT molecular complexity index is 491. The van der Waals surface area contributed by atoms with Crippen LogP contribution in [0.4, 0.5) is 9.59 Å². The van der Waals surface area contributed by atoms with Gasteiger partial charge in [-0.2, -0.15) is 0 Å². The molecular weight excluding hydrogens is 278 g/mol. The Hall–Kier alpha value is -2.28. The van der Waals surface area contributed by atoms with Crippen LogP contribution in [0.1, 0.15) is 12.0 Å². The lowest BCUT2D eigenvalue weighted by molar-refractivity contribution is 0.0218. The fraction of sp³-hybridized carbons (Fsp3) is 0.429. The minimum Gasteiger partial charge on any atom is -0.465 e. The molecule has 0 aliphatic carbocycles. The minimum absolute atomic E-state index is 0.0427. The molecule has 21 heavy (non-hydrogen) atoms. The standard InChI is InChI=1S/C14H17NO6/c16-8-11-6-12(7-15(11)13(17)18)21-14(19)20-9-10-4-2-1-3-5-10/h1-5,11-12,16H,6-9H2,(H,17,18)/t11-,12+/m0/s1. The predicted molar refractivity (Wildman–Crippen MR) is 71.7 cm³/mol. The van der Waals surface area contributed by atoms with E-state index >= 15 is 0 Å². The zero-order valence-corrected chi connectivity index (χ0v) is 11.3. The van der Waals surface area contributed by atoms with Gasteiger partial charge in [-0.15, -0.1) is 0 Å². The van der Waals surface area contributed by atoms with E-state index in [1.54, 1.807) is 0 Å². The molecule has 1 fully saturated rings. The predicted octanol–water partition coefficient (Wildman–Crippen LogP) is 1.45. The van der Waals surface area contributed by atoms with Gasteiger partial charge in [-0.3, -0.25) is 4.90 Å². The molecule has 7 nitrogen and oxygen atoms in total. The molecule has 114 valence electrons. The summed E-state index contributed by atoms with van der Waals surface area (Å²) in [5.74, 6) is 0. The second kappa shape index (κ2) is 6.94. The largest absolute Gasteiger partial charge is 0.508 e. The van der Waals surface area contributed by atoms with Crippen LogP contribution in [0.2, 0.25) is 0 Å². The van der Waals surface area contributed by atoms with Crippen LogP contribution in [-0.4, -0.2) is 52.7 Å². The summed E-state index contributed by atoms with van der Waals surface area (Å²) in [6.45, 7) is -0.162. The summed E-state index contributed by atoms with van der Waals surface area (Å²) in [6.07, 6.45) is -2.31. The highest BCUT2D eigenvalue weighted by molar-refractivity contribution is 5.66. The number of aliphatic hydroxyl groups excluding tert-OH is 1. The summed E-state index contributed by atoms with van der Waals surface area (Å²) >= 11 is 0. The molecule has 0 saturated carbocycles. The van der Waals surface area contributed by atoms with Gasteiger partial charge in [0.1, 0.15) is 12.7 Å². The highest BCUT2D eigenvalue weighted by Crippen LogP contribution is 2.20. The number of benzene rings is 1. The number of carbonyl (C=O) groups is 2. The zero-order valence-electron chi connectivity index (χ0n) is 11.3. The van der Waals surface area contributed by atoms with E-state index in [9.17, 15) is 9.59 Å². The fourth-order valence-corrected chi connectivity index (χ4v) is 2.25. The number of aliphatic hydroxyl groups is 1. The van der Waals surface area contributed by atoms with Crippen LogP contribution in [0.5, 0.6) is 0 Å². The lowest BCUT2D eigenvalue weighted by Crippen LogP contribution is -2.36. The van der Waals surface area contributed by atoms with Crippen LogP contribution in [0, 0.1) is 0 Å². The fourth-order valence-electron chi connectivity index (χ4n) is 2.25. The van der Waals surface area contributed by atoms with Crippen LogP contribution in [0.25, 0.3) is 0 Å². The summed E-state index contributed by atoms with van der Waals surface area (Å²) in [4.78, 5) is 23.6. The second-order valence-corrected chi connectivity index (χ2v) is 4.77. The van der Waals surface area contributed by atoms with E-state index < -0.39 is 24.4 Å². The molecule has 1 aromatic carbocycles. The summed E-state index contributed by atoms with van der Waals surface area (Å²) in [5.41, 5.74) is 0.835. The van der Waals surface area contributed by atoms with Crippen LogP contribution >= 0.6 is 0 Å². The lowest BCUT2D eigenvalue weighted by Gasteiger charge is -2.17. The molecule has 1 aromatic rings. The van der Waals surface area contributed by atoms with Crippen LogP contribution in [0.15, 0.2) is 30.3 Å². The van der Waals surface area contributed by atoms with Gasteiger partial charge >= 0.3 is 12.2 Å². The van der Waals surface area contributed by atoms with Crippen LogP contribution in [-0.2, 0) is 16.1 Å². The quantitative estimate of drug-likeness (QED) is 0.816. The smallest absolute Gasteiger partial charge is 0.465 e. The monoisotopic (exact) mass is 295 g/mol. The van der Waals surface area contributed by atoms with Crippen molar-refractivity contribution in [2.24, 2.45) is 0 Å². The molecule has 1 amide bonds. The van der Waals surface area contributed by atoms with E-state index in [1.807, 2.05) is 30.3 Å². The summed E-state index contributed by atoms with van der Waals surface area (Å²) < 4.78 is 10.0. The third-order valence-corrected chi connectivity index (χ3v) is 3.29. The molecule has 1 aliphatic heterocycles. The molecular formula is C14H17NO6. The normalized spacial score (nSPS) is 21.1. The summed E-state index contributed by atoms with van der Waals surface area (Å²) in [6, 6.07) is 8.60. The van der Waals surface area contributed by atoms with E-state index in [1.165, 1.54) is 0 Å². The van der Waals surface area contributed by atoms with E-state index in [2.05, 4.69) is 0 Å². The molecule has 1 heterocycles. The van der Waals surface area contributed by atoms with Crippen molar-refractivity contribution in [1.82, 2.24) is 4.90 Å². The van der Waals surface area contributed by atoms with E-state index in [4.69, 9.17) is 19.7 Å². The maximum absolute atomic E-state index is 11.6. The van der Waals surface area contributed by atoms with E-state index in [-0.39, 0.29) is 26.2 Å². The van der Waals surface area contributed by atoms with Gasteiger partial charge in [-0.25, -0.2) is 9.59 Å². The van der Waals surface area contributed by atoms with E-state index in [0.29, 0.717) is 0 Å². The number of hydrogen-bond acceptors (Lipinski definition) is 5. The Balaban J connectivity index is 1.79. The van der Waals surface area contributed by atoms with Gasteiger partial charge in [0, 0.05) is 6.42 Å². The number of ether oxygens (including phenoxy) is 2. The molecule has 1 saturated heterocycles. The Kier molecular flexibility index (Phi) is 4.99. The number of rotatable bonds is 4. The molecule has 0 spiro atoms. The van der Waals surface area contributed by atoms with Crippen molar-refractivity contribution in [2.75, 3.05) is 13.2 Å².